The normalized spacial score (nSPS) is 10.1. The number of nitrogens with zero attached hydrogens (tertiary/aromatic N) is 1. The highest BCUT2D eigenvalue weighted by Crippen LogP contribution is 2.35. The van der Waals surface area contributed by atoms with Crippen molar-refractivity contribution in [3.63, 3.8) is 0 Å². The number of aryl methyl sites for hydroxylation is 1. The summed E-state index contributed by atoms with van der Waals surface area (Å²) < 4.78 is 5.10. The molecule has 0 bridgehead atoms. The van der Waals surface area contributed by atoms with E-state index in [1.807, 2.05) is 13.8 Å². The second-order valence-corrected chi connectivity index (χ2v) is 5.54. The van der Waals surface area contributed by atoms with Gasteiger partial charge in [-0.1, -0.05) is 6.08 Å². The number of ether oxygens (including phenoxy) is 1. The van der Waals surface area contributed by atoms with Gasteiger partial charge in [0, 0.05) is 11.4 Å². The molecule has 19 heavy (non-hydrogen) atoms. The average molecular weight is 298 g/mol. The number of anilines is 1. The van der Waals surface area contributed by atoms with Crippen molar-refractivity contribution in [3.05, 3.63) is 28.7 Å². The first-order valence-corrected chi connectivity index (χ1v) is 7.11. The van der Waals surface area contributed by atoms with Crippen molar-refractivity contribution in [3.8, 4) is 0 Å². The fourth-order valence-corrected chi connectivity index (χ4v) is 3.04. The Morgan fingerprint density at radius 3 is 2.68 bits per heavy atom. The van der Waals surface area contributed by atoms with Gasteiger partial charge in [0.2, 0.25) is 0 Å². The largest absolute Gasteiger partial charge is 0.462 e. The van der Waals surface area contributed by atoms with Gasteiger partial charge >= 0.3 is 5.97 Å². The number of rotatable bonds is 5. The SMILES string of the molecule is C=CCN(C(N)=S)c1sc(C)c(C)c1C(=O)OCC. The molecule has 104 valence electrons. The van der Waals surface area contributed by atoms with E-state index < -0.39 is 0 Å². The number of carbonyl (C=O) groups is 1. The molecule has 0 atom stereocenters. The molecule has 0 fully saturated rings. The quantitative estimate of drug-likeness (QED) is 0.514. The van der Waals surface area contributed by atoms with Crippen LogP contribution in [0.15, 0.2) is 12.7 Å². The zero-order valence-corrected chi connectivity index (χ0v) is 13.0. The first-order chi connectivity index (χ1) is 8.93. The lowest BCUT2D eigenvalue weighted by Crippen LogP contribution is -2.36. The molecule has 0 radical (unpaired) electrons. The summed E-state index contributed by atoms with van der Waals surface area (Å²) in [5, 5.41) is 0.938. The van der Waals surface area contributed by atoms with E-state index in [0.717, 1.165) is 15.4 Å². The monoisotopic (exact) mass is 298 g/mol. The van der Waals surface area contributed by atoms with Gasteiger partial charge in [0.15, 0.2) is 5.11 Å². The maximum atomic E-state index is 12.1. The molecule has 4 nitrogen and oxygen atoms in total. The van der Waals surface area contributed by atoms with Crippen LogP contribution in [0.25, 0.3) is 0 Å². The van der Waals surface area contributed by atoms with Gasteiger partial charge in [0.05, 0.1) is 12.2 Å². The molecule has 0 saturated carbocycles. The van der Waals surface area contributed by atoms with Gasteiger partial charge < -0.3 is 15.4 Å². The van der Waals surface area contributed by atoms with E-state index in [9.17, 15) is 4.79 Å². The number of thiocarbonyl (C=S) groups is 1. The molecule has 0 aliphatic carbocycles. The molecule has 1 rings (SSSR count). The topological polar surface area (TPSA) is 55.6 Å². The maximum Gasteiger partial charge on any atom is 0.341 e. The van der Waals surface area contributed by atoms with Crippen LogP contribution in [-0.4, -0.2) is 24.2 Å². The van der Waals surface area contributed by atoms with Crippen LogP contribution in [0, 0.1) is 13.8 Å². The summed E-state index contributed by atoms with van der Waals surface area (Å²) in [6.07, 6.45) is 1.69. The van der Waals surface area contributed by atoms with Crippen molar-refractivity contribution in [2.24, 2.45) is 5.73 Å². The van der Waals surface area contributed by atoms with Crippen molar-refractivity contribution >= 4 is 39.6 Å². The highest BCUT2D eigenvalue weighted by Gasteiger charge is 2.25. The van der Waals surface area contributed by atoms with E-state index in [1.54, 1.807) is 17.9 Å². The van der Waals surface area contributed by atoms with E-state index in [2.05, 4.69) is 6.58 Å². The zero-order chi connectivity index (χ0) is 14.6. The van der Waals surface area contributed by atoms with Gasteiger partial charge in [-0.2, -0.15) is 0 Å². The summed E-state index contributed by atoms with van der Waals surface area (Å²) in [5.41, 5.74) is 7.17. The molecule has 0 spiro atoms. The van der Waals surface area contributed by atoms with Gasteiger partial charge in [0.25, 0.3) is 0 Å². The van der Waals surface area contributed by atoms with Crippen LogP contribution in [0.2, 0.25) is 0 Å². The Labute approximate surface area is 122 Å². The summed E-state index contributed by atoms with van der Waals surface area (Å²) in [6, 6.07) is 0. The van der Waals surface area contributed by atoms with Gasteiger partial charge in [-0.3, -0.25) is 0 Å². The van der Waals surface area contributed by atoms with Crippen LogP contribution < -0.4 is 10.6 Å². The fraction of sp³-hybridized carbons (Fsp3) is 0.385. The van der Waals surface area contributed by atoms with Crippen molar-refractivity contribution in [1.29, 1.82) is 0 Å². The molecule has 1 aromatic heterocycles. The van der Waals surface area contributed by atoms with Gasteiger partial charge in [-0.25, -0.2) is 4.79 Å². The van der Waals surface area contributed by atoms with E-state index in [0.29, 0.717) is 18.7 Å². The van der Waals surface area contributed by atoms with Gasteiger partial charge in [-0.15, -0.1) is 17.9 Å². The van der Waals surface area contributed by atoms with E-state index in [-0.39, 0.29) is 11.1 Å². The minimum Gasteiger partial charge on any atom is -0.462 e. The Balaban J connectivity index is 3.33. The third-order valence-electron chi connectivity index (χ3n) is 2.67. The van der Waals surface area contributed by atoms with Crippen LogP contribution >= 0.6 is 23.6 Å². The van der Waals surface area contributed by atoms with E-state index in [4.69, 9.17) is 22.7 Å². The molecular formula is C13H18N2O2S2. The molecule has 0 unspecified atom stereocenters. The lowest BCUT2D eigenvalue weighted by molar-refractivity contribution is 0.0527. The van der Waals surface area contributed by atoms with Gasteiger partial charge in [-0.05, 0) is 38.6 Å². The number of carbonyl (C=O) groups excluding carboxylic acids is 1. The summed E-state index contributed by atoms with van der Waals surface area (Å²) in [7, 11) is 0. The Morgan fingerprint density at radius 2 is 2.21 bits per heavy atom. The van der Waals surface area contributed by atoms with Crippen molar-refractivity contribution in [1.82, 2.24) is 0 Å². The zero-order valence-electron chi connectivity index (χ0n) is 11.4. The molecule has 2 N–H and O–H groups in total. The Bertz CT molecular complexity index is 509. The average Bonchev–Trinajstić information content (AvgIpc) is 2.62. The maximum absolute atomic E-state index is 12.1. The van der Waals surface area contributed by atoms with E-state index in [1.165, 1.54) is 11.3 Å². The summed E-state index contributed by atoms with van der Waals surface area (Å²) in [5.74, 6) is -0.343. The molecule has 0 saturated heterocycles. The van der Waals surface area contributed by atoms with Crippen molar-refractivity contribution in [2.45, 2.75) is 20.8 Å². The standard InChI is InChI=1S/C13H18N2O2S2/c1-5-7-15(13(14)18)11-10(12(16)17-6-2)8(3)9(4)19-11/h5H,1,6-7H2,2-4H3,(H2,14,18). The second kappa shape index (κ2) is 6.68. The van der Waals surface area contributed by atoms with Crippen LogP contribution in [-0.2, 0) is 4.74 Å². The summed E-state index contributed by atoms with van der Waals surface area (Å²) >= 11 is 6.52. The lowest BCUT2D eigenvalue weighted by atomic mass is 10.1. The molecule has 6 heteroatoms. The smallest absolute Gasteiger partial charge is 0.341 e. The molecule has 0 aromatic carbocycles. The highest BCUT2D eigenvalue weighted by atomic mass is 32.1. The first kappa shape index (κ1) is 15.7. The van der Waals surface area contributed by atoms with Gasteiger partial charge in [0.1, 0.15) is 5.00 Å². The minimum atomic E-state index is -0.343. The van der Waals surface area contributed by atoms with Crippen LogP contribution in [0.1, 0.15) is 27.7 Å². The Kier molecular flexibility index (Phi) is 5.50. The molecule has 1 heterocycles. The molecule has 0 aliphatic rings. The Morgan fingerprint density at radius 1 is 1.58 bits per heavy atom. The van der Waals surface area contributed by atoms with Crippen LogP contribution in [0.3, 0.4) is 0 Å². The second-order valence-electron chi connectivity index (χ2n) is 3.92. The highest BCUT2D eigenvalue weighted by molar-refractivity contribution is 7.80. The third-order valence-corrected chi connectivity index (χ3v) is 4.12. The Hall–Kier alpha value is -1.40. The summed E-state index contributed by atoms with van der Waals surface area (Å²) in [4.78, 5) is 14.8. The molecule has 0 amide bonds. The number of nitrogens with two attached hydrogens (primary N) is 1. The number of hydrogen-bond donors (Lipinski definition) is 1. The minimum absolute atomic E-state index is 0.215. The number of esters is 1. The van der Waals surface area contributed by atoms with Crippen LogP contribution in [0.4, 0.5) is 5.00 Å². The number of hydrogen-bond acceptors (Lipinski definition) is 4. The number of thiophene rings is 1. The summed E-state index contributed by atoms with van der Waals surface area (Å²) in [6.45, 7) is 10.1. The molecule has 1 aromatic rings. The third kappa shape index (κ3) is 3.33. The predicted molar refractivity (Wildman–Crippen MR) is 84.1 cm³/mol. The lowest BCUT2D eigenvalue weighted by Gasteiger charge is -2.20. The van der Waals surface area contributed by atoms with E-state index >= 15 is 0 Å². The van der Waals surface area contributed by atoms with Crippen molar-refractivity contribution < 1.29 is 9.53 Å². The molecule has 0 aliphatic heterocycles. The molecular weight excluding hydrogens is 280 g/mol. The fourth-order valence-electron chi connectivity index (χ4n) is 1.64. The van der Waals surface area contributed by atoms with Crippen LogP contribution in [0.5, 0.6) is 0 Å². The predicted octanol–water partition coefficient (Wildman–Crippen LogP) is 2.78. The first-order valence-electron chi connectivity index (χ1n) is 5.89. The van der Waals surface area contributed by atoms with Crippen molar-refractivity contribution in [2.75, 3.05) is 18.1 Å².